The lowest BCUT2D eigenvalue weighted by Crippen LogP contribution is -2.03. The zero-order chi connectivity index (χ0) is 20.9. The van der Waals surface area contributed by atoms with E-state index in [-0.39, 0.29) is 0 Å². The lowest BCUT2D eigenvalue weighted by Gasteiger charge is -2.16. The van der Waals surface area contributed by atoms with Crippen LogP contribution < -0.4 is 0 Å². The van der Waals surface area contributed by atoms with Crippen molar-refractivity contribution in [3.8, 4) is 0 Å². The van der Waals surface area contributed by atoms with E-state index in [0.717, 1.165) is 19.3 Å². The first-order valence-corrected chi connectivity index (χ1v) is 10.8. The smallest absolute Gasteiger partial charge is 0.00201 e. The summed E-state index contributed by atoms with van der Waals surface area (Å²) in [5, 5.41) is 0. The third-order valence-corrected chi connectivity index (χ3v) is 5.90. The van der Waals surface area contributed by atoms with E-state index in [2.05, 4.69) is 112 Å². The van der Waals surface area contributed by atoms with Crippen LogP contribution in [0.3, 0.4) is 0 Å². The molecule has 0 fully saturated rings. The van der Waals surface area contributed by atoms with Gasteiger partial charge in [0.1, 0.15) is 0 Å². The molecule has 0 N–H and O–H groups in total. The van der Waals surface area contributed by atoms with Crippen LogP contribution in [0, 0.1) is 20.8 Å². The fourth-order valence-corrected chi connectivity index (χ4v) is 4.01. The summed E-state index contributed by atoms with van der Waals surface area (Å²) in [6, 6.07) is 33.7. The maximum absolute atomic E-state index is 2.31. The summed E-state index contributed by atoms with van der Waals surface area (Å²) in [7, 11) is 0. The van der Waals surface area contributed by atoms with E-state index in [1.165, 1.54) is 50.1 Å². The van der Waals surface area contributed by atoms with Crippen molar-refractivity contribution in [3.63, 3.8) is 0 Å². The number of aryl methyl sites for hydroxylation is 3. The normalized spacial score (nSPS) is 10.9. The van der Waals surface area contributed by atoms with Gasteiger partial charge in [0.05, 0.1) is 0 Å². The zero-order valence-corrected chi connectivity index (χ0v) is 18.3. The van der Waals surface area contributed by atoms with Gasteiger partial charge in [-0.25, -0.2) is 0 Å². The Bertz CT molecular complexity index is 1030. The van der Waals surface area contributed by atoms with Crippen molar-refractivity contribution in [3.05, 3.63) is 141 Å². The molecule has 0 radical (unpaired) electrons. The first kappa shape index (κ1) is 20.2. The number of benzene rings is 4. The minimum atomic E-state index is 0.975. The van der Waals surface area contributed by atoms with Gasteiger partial charge in [-0.2, -0.15) is 0 Å². The van der Waals surface area contributed by atoms with Crippen molar-refractivity contribution in [2.45, 2.75) is 40.0 Å². The molecule has 4 aromatic rings. The second-order valence-corrected chi connectivity index (χ2v) is 8.54. The predicted octanol–water partition coefficient (Wildman–Crippen LogP) is 7.38. The summed E-state index contributed by atoms with van der Waals surface area (Å²) in [6.45, 7) is 6.45. The molecule has 0 saturated heterocycles. The van der Waals surface area contributed by atoms with Crippen molar-refractivity contribution in [2.75, 3.05) is 0 Å². The van der Waals surface area contributed by atoms with E-state index in [1.54, 1.807) is 0 Å². The van der Waals surface area contributed by atoms with Gasteiger partial charge in [-0.15, -0.1) is 0 Å². The Morgan fingerprint density at radius 2 is 0.733 bits per heavy atom. The van der Waals surface area contributed by atoms with E-state index in [0.29, 0.717) is 0 Å². The molecule has 0 saturated carbocycles. The Kier molecular flexibility index (Phi) is 6.14. The Labute approximate surface area is 181 Å². The fraction of sp³-hybridized carbons (Fsp3) is 0.200. The molecule has 0 bridgehead atoms. The molecule has 0 unspecified atom stereocenters. The molecule has 0 spiro atoms. The van der Waals surface area contributed by atoms with Gasteiger partial charge in [0.15, 0.2) is 0 Å². The van der Waals surface area contributed by atoms with Crippen LogP contribution in [-0.4, -0.2) is 0 Å². The second-order valence-electron chi connectivity index (χ2n) is 8.54. The Morgan fingerprint density at radius 1 is 0.400 bits per heavy atom. The maximum atomic E-state index is 2.31. The van der Waals surface area contributed by atoms with E-state index >= 15 is 0 Å². The molecule has 0 heterocycles. The highest BCUT2D eigenvalue weighted by Crippen LogP contribution is 2.25. The highest BCUT2D eigenvalue weighted by molar-refractivity contribution is 5.44. The van der Waals surface area contributed by atoms with Crippen molar-refractivity contribution in [1.29, 1.82) is 0 Å². The third-order valence-electron chi connectivity index (χ3n) is 5.90. The molecule has 0 nitrogen and oxygen atoms in total. The lowest BCUT2D eigenvalue weighted by molar-refractivity contribution is 1.03. The van der Waals surface area contributed by atoms with Gasteiger partial charge in [0.25, 0.3) is 0 Å². The number of hydrogen-bond acceptors (Lipinski definition) is 0. The molecule has 0 aromatic heterocycles. The summed E-state index contributed by atoms with van der Waals surface area (Å²) >= 11 is 0. The van der Waals surface area contributed by atoms with Crippen molar-refractivity contribution >= 4 is 0 Å². The largest absolute Gasteiger partial charge is 0.0617 e. The Hall–Kier alpha value is -3.12. The predicted molar refractivity (Wildman–Crippen MR) is 128 cm³/mol. The highest BCUT2D eigenvalue weighted by Gasteiger charge is 2.11. The van der Waals surface area contributed by atoms with Crippen LogP contribution in [0.15, 0.2) is 91.0 Å². The average molecular weight is 391 g/mol. The van der Waals surface area contributed by atoms with Crippen LogP contribution in [0.2, 0.25) is 0 Å². The molecule has 0 amide bonds. The monoisotopic (exact) mass is 390 g/mol. The van der Waals surface area contributed by atoms with Crippen LogP contribution in [0.5, 0.6) is 0 Å². The van der Waals surface area contributed by atoms with Crippen LogP contribution >= 0.6 is 0 Å². The third kappa shape index (κ3) is 5.07. The van der Waals surface area contributed by atoms with Gasteiger partial charge < -0.3 is 0 Å². The average Bonchev–Trinajstić information content (AvgIpc) is 2.75. The van der Waals surface area contributed by atoms with E-state index in [1.807, 2.05) is 0 Å². The lowest BCUT2D eigenvalue weighted by atomic mass is 9.88. The van der Waals surface area contributed by atoms with E-state index < -0.39 is 0 Å². The number of hydrogen-bond donors (Lipinski definition) is 0. The summed E-state index contributed by atoms with van der Waals surface area (Å²) in [5.41, 5.74) is 12.4. The maximum Gasteiger partial charge on any atom is -0.00201 e. The van der Waals surface area contributed by atoms with Gasteiger partial charge in [0, 0.05) is 0 Å². The summed E-state index contributed by atoms with van der Waals surface area (Å²) in [6.07, 6.45) is 2.93. The minimum Gasteiger partial charge on any atom is -0.0617 e. The SMILES string of the molecule is Cc1ccc(Cc2cccc(Cc3ccc(C)cc3)c2Cc2ccc(C)cc2)cc1. The molecule has 4 aromatic carbocycles. The Balaban J connectivity index is 1.71. The highest BCUT2D eigenvalue weighted by atomic mass is 14.2. The van der Waals surface area contributed by atoms with E-state index in [9.17, 15) is 0 Å². The first-order valence-electron chi connectivity index (χ1n) is 10.8. The summed E-state index contributed by atoms with van der Waals surface area (Å²) in [4.78, 5) is 0. The van der Waals surface area contributed by atoms with Gasteiger partial charge in [-0.3, -0.25) is 0 Å². The van der Waals surface area contributed by atoms with Crippen LogP contribution in [0.1, 0.15) is 50.1 Å². The Morgan fingerprint density at radius 3 is 1.10 bits per heavy atom. The molecule has 150 valence electrons. The van der Waals surface area contributed by atoms with E-state index in [4.69, 9.17) is 0 Å². The van der Waals surface area contributed by atoms with Gasteiger partial charge >= 0.3 is 0 Å². The van der Waals surface area contributed by atoms with Crippen molar-refractivity contribution in [1.82, 2.24) is 0 Å². The van der Waals surface area contributed by atoms with Gasteiger partial charge in [-0.05, 0) is 73.4 Å². The van der Waals surface area contributed by atoms with Gasteiger partial charge in [0.2, 0.25) is 0 Å². The number of rotatable bonds is 6. The molecule has 0 atom stereocenters. The van der Waals surface area contributed by atoms with Crippen LogP contribution in [0.4, 0.5) is 0 Å². The quantitative estimate of drug-likeness (QED) is 0.322. The van der Waals surface area contributed by atoms with Crippen LogP contribution in [0.25, 0.3) is 0 Å². The van der Waals surface area contributed by atoms with Crippen LogP contribution in [-0.2, 0) is 19.3 Å². The molecular weight excluding hydrogens is 360 g/mol. The summed E-state index contributed by atoms with van der Waals surface area (Å²) < 4.78 is 0. The molecule has 0 aliphatic heterocycles. The topological polar surface area (TPSA) is 0 Å². The summed E-state index contributed by atoms with van der Waals surface area (Å²) in [5.74, 6) is 0. The molecular formula is C30H30. The molecule has 0 heteroatoms. The zero-order valence-electron chi connectivity index (χ0n) is 18.3. The fourth-order valence-electron chi connectivity index (χ4n) is 4.01. The first-order chi connectivity index (χ1) is 14.6. The molecule has 30 heavy (non-hydrogen) atoms. The molecule has 4 rings (SSSR count). The minimum absolute atomic E-state index is 0.975. The standard InChI is InChI=1S/C30H30/c1-22-7-13-25(14-8-22)19-28-5-4-6-29(20-26-15-9-23(2)10-16-26)30(28)21-27-17-11-24(3)12-18-27/h4-18H,19-21H2,1-3H3. The molecule has 0 aliphatic rings. The van der Waals surface area contributed by atoms with Gasteiger partial charge in [-0.1, -0.05) is 108 Å². The second kappa shape index (κ2) is 9.13. The van der Waals surface area contributed by atoms with Crippen molar-refractivity contribution < 1.29 is 0 Å². The van der Waals surface area contributed by atoms with Crippen molar-refractivity contribution in [2.24, 2.45) is 0 Å². The molecule has 0 aliphatic carbocycles.